The number of aromatic nitrogens is 4. The fraction of sp³-hybridized carbons (Fsp3) is 0.241. The first kappa shape index (κ1) is 24.0. The molecule has 5 rings (SSSR count). The molecule has 0 radical (unpaired) electrons. The van der Waals surface area contributed by atoms with E-state index < -0.39 is 5.95 Å². The number of thiophene rings is 1. The lowest BCUT2D eigenvalue weighted by atomic mass is 9.89. The molecule has 0 saturated heterocycles. The first-order chi connectivity index (χ1) is 17.4. The highest BCUT2D eigenvalue weighted by atomic mass is 32.1. The molecule has 5 aromatic rings. The van der Waals surface area contributed by atoms with E-state index in [0.29, 0.717) is 5.82 Å². The first-order valence-corrected chi connectivity index (χ1v) is 12.9. The van der Waals surface area contributed by atoms with Crippen molar-refractivity contribution in [1.29, 1.82) is 0 Å². The number of nitrogens with one attached hydrogen (secondary N) is 1. The van der Waals surface area contributed by atoms with Crippen LogP contribution in [-0.2, 0) is 11.8 Å². The lowest BCUT2D eigenvalue weighted by Crippen LogP contribution is -2.10. The average molecular weight is 498 g/mol. The molecule has 4 heterocycles. The summed E-state index contributed by atoms with van der Waals surface area (Å²) in [6, 6.07) is 17.5. The summed E-state index contributed by atoms with van der Waals surface area (Å²) in [4.78, 5) is 19.2. The minimum absolute atomic E-state index is 0.142. The average Bonchev–Trinajstić information content (AvgIpc) is 3.29. The number of fused-ring (bicyclic) bond motifs is 1. The van der Waals surface area contributed by atoms with Crippen molar-refractivity contribution in [3.63, 3.8) is 0 Å². The number of halogens is 1. The Morgan fingerprint density at radius 3 is 2.39 bits per heavy atom. The molecule has 0 aliphatic heterocycles. The van der Waals surface area contributed by atoms with Crippen LogP contribution in [0.1, 0.15) is 37.6 Å². The number of rotatable bonds is 7. The van der Waals surface area contributed by atoms with Crippen molar-refractivity contribution in [2.24, 2.45) is 0 Å². The summed E-state index contributed by atoms with van der Waals surface area (Å²) in [6.45, 7) is 7.33. The van der Waals surface area contributed by atoms with Gasteiger partial charge in [0.2, 0.25) is 5.95 Å². The SMILES string of the molecule is CC(C)(C)c1sc2c(NCCCc3ccccc3)nc(-c3ccncc3)nc2c1-c1ccc(F)nc1. The van der Waals surface area contributed by atoms with Gasteiger partial charge in [-0.05, 0) is 48.1 Å². The van der Waals surface area contributed by atoms with Crippen LogP contribution < -0.4 is 5.32 Å². The summed E-state index contributed by atoms with van der Waals surface area (Å²) in [5, 5.41) is 3.59. The fourth-order valence-electron chi connectivity index (χ4n) is 4.19. The largest absolute Gasteiger partial charge is 0.369 e. The van der Waals surface area contributed by atoms with Crippen LogP contribution in [0.4, 0.5) is 10.2 Å². The molecular formula is C29H28FN5S. The van der Waals surface area contributed by atoms with Gasteiger partial charge < -0.3 is 5.32 Å². The molecule has 0 amide bonds. The Hall–Kier alpha value is -3.71. The van der Waals surface area contributed by atoms with Crippen LogP contribution in [0.25, 0.3) is 32.7 Å². The van der Waals surface area contributed by atoms with Gasteiger partial charge in [0.15, 0.2) is 5.82 Å². The molecule has 1 aromatic carbocycles. The van der Waals surface area contributed by atoms with Gasteiger partial charge in [-0.3, -0.25) is 4.98 Å². The van der Waals surface area contributed by atoms with Gasteiger partial charge in [0.05, 0.1) is 10.2 Å². The molecule has 0 unspecified atom stereocenters. The van der Waals surface area contributed by atoms with E-state index in [1.165, 1.54) is 16.5 Å². The van der Waals surface area contributed by atoms with Gasteiger partial charge in [-0.2, -0.15) is 4.39 Å². The molecule has 0 bridgehead atoms. The third kappa shape index (κ3) is 5.11. The molecule has 0 fully saturated rings. The zero-order valence-corrected chi connectivity index (χ0v) is 21.4. The van der Waals surface area contributed by atoms with E-state index in [4.69, 9.17) is 9.97 Å². The van der Waals surface area contributed by atoms with Crippen molar-refractivity contribution in [1.82, 2.24) is 19.9 Å². The smallest absolute Gasteiger partial charge is 0.212 e. The second-order valence-electron chi connectivity index (χ2n) is 9.75. The molecule has 182 valence electrons. The van der Waals surface area contributed by atoms with Crippen molar-refractivity contribution >= 4 is 27.4 Å². The summed E-state index contributed by atoms with van der Waals surface area (Å²) in [5.41, 5.74) is 4.76. The summed E-state index contributed by atoms with van der Waals surface area (Å²) < 4.78 is 14.7. The second kappa shape index (κ2) is 10.1. The molecule has 5 nitrogen and oxygen atoms in total. The minimum Gasteiger partial charge on any atom is -0.369 e. The Labute approximate surface area is 214 Å². The van der Waals surface area contributed by atoms with Gasteiger partial charge in [0.1, 0.15) is 5.82 Å². The quantitative estimate of drug-likeness (QED) is 0.189. The van der Waals surface area contributed by atoms with Gasteiger partial charge in [-0.15, -0.1) is 11.3 Å². The third-order valence-electron chi connectivity index (χ3n) is 5.95. The van der Waals surface area contributed by atoms with Gasteiger partial charge >= 0.3 is 0 Å². The van der Waals surface area contributed by atoms with E-state index in [9.17, 15) is 4.39 Å². The number of aryl methyl sites for hydroxylation is 1. The van der Waals surface area contributed by atoms with Crippen molar-refractivity contribution in [3.8, 4) is 22.5 Å². The predicted molar refractivity (Wildman–Crippen MR) is 146 cm³/mol. The van der Waals surface area contributed by atoms with Gasteiger partial charge in [0.25, 0.3) is 0 Å². The first-order valence-electron chi connectivity index (χ1n) is 12.1. The minimum atomic E-state index is -0.497. The van der Waals surface area contributed by atoms with Crippen LogP contribution in [0, 0.1) is 5.95 Å². The fourth-order valence-corrected chi connectivity index (χ4v) is 5.48. The predicted octanol–water partition coefficient (Wildman–Crippen LogP) is 7.30. The van der Waals surface area contributed by atoms with Gasteiger partial charge in [0, 0.05) is 46.7 Å². The topological polar surface area (TPSA) is 63.6 Å². The zero-order valence-electron chi connectivity index (χ0n) is 20.6. The Morgan fingerprint density at radius 2 is 1.69 bits per heavy atom. The number of pyridine rings is 2. The van der Waals surface area contributed by atoms with Gasteiger partial charge in [-0.25, -0.2) is 15.0 Å². The Balaban J connectivity index is 1.61. The van der Waals surface area contributed by atoms with E-state index in [0.717, 1.165) is 52.1 Å². The molecule has 7 heteroatoms. The van der Waals surface area contributed by atoms with Crippen molar-refractivity contribution in [2.75, 3.05) is 11.9 Å². The standard InChI is InChI=1S/C29H28FN5S/c1-29(2,3)26-23(21-11-12-22(30)33-18-21)24-25(36-26)28(32-15-7-10-19-8-5-4-6-9-19)35-27(34-24)20-13-16-31-17-14-20/h4-6,8-9,11-14,16-18H,7,10,15H2,1-3H3,(H,32,34,35). The number of hydrogen-bond donors (Lipinski definition) is 1. The number of anilines is 1. The summed E-state index contributed by atoms with van der Waals surface area (Å²) in [5.74, 6) is 0.949. The van der Waals surface area contributed by atoms with E-state index in [1.54, 1.807) is 36.0 Å². The molecule has 0 aliphatic rings. The van der Waals surface area contributed by atoms with E-state index in [2.05, 4.69) is 60.3 Å². The van der Waals surface area contributed by atoms with Crippen LogP contribution in [0.15, 0.2) is 73.2 Å². The molecule has 4 aromatic heterocycles. The van der Waals surface area contributed by atoms with Crippen LogP contribution in [0.5, 0.6) is 0 Å². The maximum Gasteiger partial charge on any atom is 0.212 e. The van der Waals surface area contributed by atoms with Crippen LogP contribution in [0.3, 0.4) is 0 Å². The lowest BCUT2D eigenvalue weighted by molar-refractivity contribution is 0.584. The highest BCUT2D eigenvalue weighted by Crippen LogP contribution is 2.46. The summed E-state index contributed by atoms with van der Waals surface area (Å²) >= 11 is 1.69. The third-order valence-corrected chi connectivity index (χ3v) is 7.56. The van der Waals surface area contributed by atoms with Crippen LogP contribution in [-0.4, -0.2) is 26.5 Å². The molecular weight excluding hydrogens is 469 g/mol. The second-order valence-corrected chi connectivity index (χ2v) is 10.8. The van der Waals surface area contributed by atoms with Gasteiger partial charge in [-0.1, -0.05) is 51.1 Å². The maximum atomic E-state index is 13.7. The van der Waals surface area contributed by atoms with Crippen LogP contribution >= 0.6 is 11.3 Å². The summed E-state index contributed by atoms with van der Waals surface area (Å²) in [7, 11) is 0. The number of benzene rings is 1. The Kier molecular flexibility index (Phi) is 6.74. The molecule has 0 saturated carbocycles. The lowest BCUT2D eigenvalue weighted by Gasteiger charge is -2.18. The summed E-state index contributed by atoms with van der Waals surface area (Å²) in [6.07, 6.45) is 7.05. The van der Waals surface area contributed by atoms with Crippen molar-refractivity contribution in [3.05, 3.63) is 89.6 Å². The molecule has 1 N–H and O–H groups in total. The van der Waals surface area contributed by atoms with E-state index >= 15 is 0 Å². The normalized spacial score (nSPS) is 11.7. The maximum absolute atomic E-state index is 13.7. The number of nitrogens with zero attached hydrogens (tertiary/aromatic N) is 4. The molecule has 0 aliphatic carbocycles. The highest BCUT2D eigenvalue weighted by molar-refractivity contribution is 7.20. The van der Waals surface area contributed by atoms with Crippen molar-refractivity contribution in [2.45, 2.75) is 39.0 Å². The Morgan fingerprint density at radius 1 is 0.917 bits per heavy atom. The molecule has 0 atom stereocenters. The van der Waals surface area contributed by atoms with Crippen molar-refractivity contribution < 1.29 is 4.39 Å². The molecule has 0 spiro atoms. The highest BCUT2D eigenvalue weighted by Gasteiger charge is 2.27. The van der Waals surface area contributed by atoms with E-state index in [-0.39, 0.29) is 5.41 Å². The monoisotopic (exact) mass is 497 g/mol. The number of hydrogen-bond acceptors (Lipinski definition) is 6. The van der Waals surface area contributed by atoms with Crippen LogP contribution in [0.2, 0.25) is 0 Å². The molecule has 36 heavy (non-hydrogen) atoms. The zero-order chi connectivity index (χ0) is 25.1. The Bertz CT molecular complexity index is 1460. The van der Waals surface area contributed by atoms with E-state index in [1.807, 2.05) is 18.2 Å².